The third-order valence-corrected chi connectivity index (χ3v) is 4.62. The van der Waals surface area contributed by atoms with Crippen LogP contribution in [0.4, 0.5) is 0 Å². The molecule has 0 N–H and O–H groups in total. The first-order valence-corrected chi connectivity index (χ1v) is 9.31. The van der Waals surface area contributed by atoms with Gasteiger partial charge in [-0.25, -0.2) is 4.98 Å². The molecular weight excluding hydrogens is 346 g/mol. The molecule has 0 radical (unpaired) electrons. The molecule has 0 aliphatic carbocycles. The Hall–Kier alpha value is -2.25. The Morgan fingerprint density at radius 3 is 2.59 bits per heavy atom. The predicted octanol–water partition coefficient (Wildman–Crippen LogP) is 2.38. The van der Waals surface area contributed by atoms with Crippen molar-refractivity contribution in [1.82, 2.24) is 14.5 Å². The van der Waals surface area contributed by atoms with E-state index in [4.69, 9.17) is 14.5 Å². The van der Waals surface area contributed by atoms with Gasteiger partial charge in [-0.15, -0.1) is 0 Å². The van der Waals surface area contributed by atoms with Crippen LogP contribution in [0.5, 0.6) is 0 Å². The van der Waals surface area contributed by atoms with Gasteiger partial charge in [-0.2, -0.15) is 0 Å². The third-order valence-electron chi connectivity index (χ3n) is 4.62. The zero-order valence-corrected chi connectivity index (χ0v) is 16.6. The molecule has 1 amide bonds. The highest BCUT2D eigenvalue weighted by Crippen LogP contribution is 2.21. The van der Waals surface area contributed by atoms with Crippen molar-refractivity contribution in [2.45, 2.75) is 39.3 Å². The van der Waals surface area contributed by atoms with Crippen LogP contribution in [0.25, 0.3) is 10.9 Å². The summed E-state index contributed by atoms with van der Waals surface area (Å²) in [5.41, 5.74) is 0.527. The summed E-state index contributed by atoms with van der Waals surface area (Å²) in [6.07, 6.45) is 1.12. The number of carbonyl (C=O) groups is 1. The van der Waals surface area contributed by atoms with Crippen molar-refractivity contribution in [3.63, 3.8) is 0 Å². The lowest BCUT2D eigenvalue weighted by Crippen LogP contribution is -2.38. The van der Waals surface area contributed by atoms with Gasteiger partial charge in [0.05, 0.1) is 30.1 Å². The molecule has 1 atom stereocenters. The molecule has 2 rings (SSSR count). The van der Waals surface area contributed by atoms with Crippen LogP contribution < -0.4 is 5.56 Å². The molecule has 1 unspecified atom stereocenters. The van der Waals surface area contributed by atoms with Crippen LogP contribution >= 0.6 is 0 Å². The molecule has 148 valence electrons. The van der Waals surface area contributed by atoms with Gasteiger partial charge in [-0.3, -0.25) is 14.2 Å². The molecular formula is C20H29N3O4. The van der Waals surface area contributed by atoms with Gasteiger partial charge in [-0.05, 0) is 25.5 Å². The molecule has 1 heterocycles. The number of carbonyl (C=O) groups excluding carboxylic acids is 1. The van der Waals surface area contributed by atoms with Gasteiger partial charge < -0.3 is 14.4 Å². The molecule has 0 bridgehead atoms. The number of benzene rings is 1. The van der Waals surface area contributed by atoms with E-state index in [1.165, 1.54) is 0 Å². The van der Waals surface area contributed by atoms with Crippen LogP contribution in [-0.4, -0.2) is 54.3 Å². The molecule has 0 fully saturated rings. The zero-order chi connectivity index (χ0) is 19.8. The van der Waals surface area contributed by atoms with E-state index in [2.05, 4.69) is 0 Å². The summed E-state index contributed by atoms with van der Waals surface area (Å²) in [4.78, 5) is 32.1. The fourth-order valence-corrected chi connectivity index (χ4v) is 3.16. The zero-order valence-electron chi connectivity index (χ0n) is 16.6. The lowest BCUT2D eigenvalue weighted by molar-refractivity contribution is -0.133. The highest BCUT2D eigenvalue weighted by Gasteiger charge is 2.25. The van der Waals surface area contributed by atoms with Gasteiger partial charge in [0.1, 0.15) is 5.82 Å². The van der Waals surface area contributed by atoms with Gasteiger partial charge >= 0.3 is 0 Å². The van der Waals surface area contributed by atoms with Gasteiger partial charge in [0.2, 0.25) is 5.91 Å². The fraction of sp³-hybridized carbons (Fsp3) is 0.550. The second-order valence-corrected chi connectivity index (χ2v) is 6.40. The molecule has 0 spiro atoms. The van der Waals surface area contributed by atoms with Crippen molar-refractivity contribution < 1.29 is 14.3 Å². The van der Waals surface area contributed by atoms with Crippen molar-refractivity contribution >= 4 is 16.8 Å². The first-order chi connectivity index (χ1) is 13.0. The molecule has 1 aromatic heterocycles. The number of nitrogens with zero attached hydrogens (tertiary/aromatic N) is 3. The Bertz CT molecular complexity index is 818. The molecule has 2 aromatic rings. The van der Waals surface area contributed by atoms with E-state index in [1.54, 1.807) is 29.8 Å². The summed E-state index contributed by atoms with van der Waals surface area (Å²) in [5.74, 6) is 0.606. The van der Waals surface area contributed by atoms with Gasteiger partial charge in [-0.1, -0.05) is 19.1 Å². The number of para-hydroxylation sites is 1. The standard InChI is InChI=1S/C20H29N3O4/c1-5-18(24)22(11-8-13-26-3)15(2)19-21-17-10-7-6-9-16(17)20(25)23(19)12-14-27-4/h6-7,9-10,15H,5,8,11-14H2,1-4H3. The maximum absolute atomic E-state index is 13.0. The first-order valence-electron chi connectivity index (χ1n) is 9.31. The first kappa shape index (κ1) is 21.1. The largest absolute Gasteiger partial charge is 0.385 e. The Kier molecular flexibility index (Phi) is 7.94. The average molecular weight is 375 g/mol. The quantitative estimate of drug-likeness (QED) is 0.596. The molecule has 0 saturated carbocycles. The number of rotatable bonds is 10. The molecule has 0 aliphatic heterocycles. The summed E-state index contributed by atoms with van der Waals surface area (Å²) in [6.45, 7) is 5.66. The summed E-state index contributed by atoms with van der Waals surface area (Å²) in [6, 6.07) is 6.95. The summed E-state index contributed by atoms with van der Waals surface area (Å²) < 4.78 is 11.9. The second kappa shape index (κ2) is 10.2. The summed E-state index contributed by atoms with van der Waals surface area (Å²) in [7, 11) is 3.24. The summed E-state index contributed by atoms with van der Waals surface area (Å²) >= 11 is 0. The van der Waals surface area contributed by atoms with E-state index in [9.17, 15) is 9.59 Å². The minimum atomic E-state index is -0.330. The monoisotopic (exact) mass is 375 g/mol. The van der Waals surface area contributed by atoms with Crippen LogP contribution in [0.3, 0.4) is 0 Å². The van der Waals surface area contributed by atoms with Crippen molar-refractivity contribution in [2.75, 3.05) is 34.0 Å². The topological polar surface area (TPSA) is 73.7 Å². The SMILES string of the molecule is CCC(=O)N(CCCOC)C(C)c1nc2ccccc2c(=O)n1CCOC. The van der Waals surface area contributed by atoms with Crippen molar-refractivity contribution in [1.29, 1.82) is 0 Å². The van der Waals surface area contributed by atoms with E-state index >= 15 is 0 Å². The van der Waals surface area contributed by atoms with Crippen molar-refractivity contribution in [2.24, 2.45) is 0 Å². The molecule has 7 heteroatoms. The smallest absolute Gasteiger partial charge is 0.261 e. The van der Waals surface area contributed by atoms with E-state index in [0.29, 0.717) is 49.5 Å². The number of aromatic nitrogens is 2. The highest BCUT2D eigenvalue weighted by atomic mass is 16.5. The molecule has 0 aliphatic rings. The Balaban J connectivity index is 2.51. The highest BCUT2D eigenvalue weighted by molar-refractivity contribution is 5.78. The maximum Gasteiger partial charge on any atom is 0.261 e. The minimum Gasteiger partial charge on any atom is -0.385 e. The van der Waals surface area contributed by atoms with Crippen LogP contribution in [0.2, 0.25) is 0 Å². The number of ether oxygens (including phenoxy) is 2. The van der Waals surface area contributed by atoms with E-state index < -0.39 is 0 Å². The number of hydrogen-bond acceptors (Lipinski definition) is 5. The fourth-order valence-electron chi connectivity index (χ4n) is 3.16. The van der Waals surface area contributed by atoms with Gasteiger partial charge in [0.15, 0.2) is 0 Å². The van der Waals surface area contributed by atoms with Crippen molar-refractivity contribution in [3.8, 4) is 0 Å². The second-order valence-electron chi connectivity index (χ2n) is 6.40. The lowest BCUT2D eigenvalue weighted by Gasteiger charge is -2.30. The van der Waals surface area contributed by atoms with Gasteiger partial charge in [0.25, 0.3) is 5.56 Å². The van der Waals surface area contributed by atoms with Gasteiger partial charge in [0, 0.05) is 33.8 Å². The number of methoxy groups -OCH3 is 2. The van der Waals surface area contributed by atoms with E-state index in [0.717, 1.165) is 6.42 Å². The van der Waals surface area contributed by atoms with Crippen LogP contribution in [0.15, 0.2) is 29.1 Å². The van der Waals surface area contributed by atoms with Crippen molar-refractivity contribution in [3.05, 3.63) is 40.4 Å². The van der Waals surface area contributed by atoms with E-state index in [1.807, 2.05) is 32.0 Å². The number of hydrogen-bond donors (Lipinski definition) is 0. The molecule has 0 saturated heterocycles. The number of fused-ring (bicyclic) bond motifs is 1. The molecule has 7 nitrogen and oxygen atoms in total. The minimum absolute atomic E-state index is 0.0271. The molecule has 1 aromatic carbocycles. The molecule has 27 heavy (non-hydrogen) atoms. The Labute approximate surface area is 159 Å². The maximum atomic E-state index is 13.0. The average Bonchev–Trinajstić information content (AvgIpc) is 2.69. The number of amides is 1. The Morgan fingerprint density at radius 1 is 1.22 bits per heavy atom. The van der Waals surface area contributed by atoms with Crippen LogP contribution in [0, 0.1) is 0 Å². The van der Waals surface area contributed by atoms with E-state index in [-0.39, 0.29) is 17.5 Å². The predicted molar refractivity (Wildman–Crippen MR) is 105 cm³/mol. The summed E-state index contributed by atoms with van der Waals surface area (Å²) in [5, 5.41) is 0.567. The Morgan fingerprint density at radius 2 is 1.93 bits per heavy atom. The normalized spacial score (nSPS) is 12.3. The third kappa shape index (κ3) is 4.93. The van der Waals surface area contributed by atoms with Crippen LogP contribution in [-0.2, 0) is 20.8 Å². The van der Waals surface area contributed by atoms with Crippen LogP contribution in [0.1, 0.15) is 38.6 Å². The lowest BCUT2D eigenvalue weighted by atomic mass is 10.2.